The fourth-order valence-corrected chi connectivity index (χ4v) is 2.53. The van der Waals surface area contributed by atoms with Gasteiger partial charge in [-0.3, -0.25) is 4.79 Å². The number of nitrogens with one attached hydrogen (secondary N) is 1. The van der Waals surface area contributed by atoms with E-state index < -0.39 is 44.4 Å². The molecule has 0 saturated heterocycles. The molecule has 1 N–H and O–H groups in total. The van der Waals surface area contributed by atoms with Gasteiger partial charge < -0.3 is 4.74 Å². The van der Waals surface area contributed by atoms with Crippen LogP contribution in [0.2, 0.25) is 0 Å². The summed E-state index contributed by atoms with van der Waals surface area (Å²) in [7, 11) is -3.14. The minimum atomic E-state index is -4.23. The molecule has 1 atom stereocenters. The van der Waals surface area contributed by atoms with E-state index in [9.17, 15) is 22.0 Å². The highest BCUT2D eigenvalue weighted by Crippen LogP contribution is 2.15. The summed E-state index contributed by atoms with van der Waals surface area (Å²) in [5, 5.41) is -1.25. The summed E-state index contributed by atoms with van der Waals surface area (Å²) in [4.78, 5) is 10.2. The maximum atomic E-state index is 13.3. The number of ether oxygens (including phenoxy) is 1. The summed E-state index contributed by atoms with van der Waals surface area (Å²) >= 11 is 5.53. The molecule has 0 aliphatic heterocycles. The van der Waals surface area contributed by atoms with Crippen LogP contribution in [0.15, 0.2) is 23.1 Å². The van der Waals surface area contributed by atoms with Crippen LogP contribution in [0.25, 0.3) is 0 Å². The first kappa shape index (κ1) is 15.8. The second-order valence-corrected chi connectivity index (χ2v) is 5.68. The highest BCUT2D eigenvalue weighted by molar-refractivity contribution is 7.89. The summed E-state index contributed by atoms with van der Waals surface area (Å²) in [5.74, 6) is -2.97. The summed E-state index contributed by atoms with van der Waals surface area (Å²) < 4.78 is 55.6. The van der Waals surface area contributed by atoms with E-state index in [1.165, 1.54) is 0 Å². The average Bonchev–Trinajstić information content (AvgIpc) is 2.34. The summed E-state index contributed by atoms with van der Waals surface area (Å²) in [6, 6.07) is 2.01. The van der Waals surface area contributed by atoms with Crippen molar-refractivity contribution < 1.29 is 26.7 Å². The van der Waals surface area contributed by atoms with Gasteiger partial charge >= 0.3 is 5.97 Å². The predicted molar refractivity (Wildman–Crippen MR) is 63.2 cm³/mol. The molecular formula is C10H10ClF2NO4S. The van der Waals surface area contributed by atoms with Crippen LogP contribution in [0.1, 0.15) is 0 Å². The molecule has 0 spiro atoms. The van der Waals surface area contributed by atoms with Crippen molar-refractivity contribution in [2.24, 2.45) is 0 Å². The zero-order valence-corrected chi connectivity index (χ0v) is 11.3. The number of esters is 1. The van der Waals surface area contributed by atoms with Crippen LogP contribution in [0, 0.1) is 11.6 Å². The van der Waals surface area contributed by atoms with E-state index in [-0.39, 0.29) is 0 Å². The first-order valence-electron chi connectivity index (χ1n) is 4.94. The number of methoxy groups -OCH3 is 1. The van der Waals surface area contributed by atoms with Crippen molar-refractivity contribution >= 4 is 27.6 Å². The number of sulfonamides is 1. The molecular weight excluding hydrogens is 304 g/mol. The molecule has 0 bridgehead atoms. The minimum absolute atomic E-state index is 0.438. The molecule has 9 heteroatoms. The smallest absolute Gasteiger partial charge is 0.325 e. The first-order chi connectivity index (χ1) is 8.77. The molecule has 5 nitrogen and oxygen atoms in total. The van der Waals surface area contributed by atoms with Crippen LogP contribution in [-0.4, -0.2) is 33.4 Å². The molecule has 0 fully saturated rings. The summed E-state index contributed by atoms with van der Waals surface area (Å²) in [6.07, 6.45) is 0. The molecule has 0 aromatic heterocycles. The highest BCUT2D eigenvalue weighted by Gasteiger charge is 2.23. The maximum Gasteiger partial charge on any atom is 0.325 e. The molecule has 0 heterocycles. The van der Waals surface area contributed by atoms with Crippen LogP contribution in [-0.2, 0) is 19.6 Å². The Hall–Kier alpha value is -1.25. The molecule has 0 radical (unpaired) electrons. The molecule has 0 saturated carbocycles. The zero-order valence-electron chi connectivity index (χ0n) is 9.69. The fourth-order valence-electron chi connectivity index (χ4n) is 1.16. The maximum absolute atomic E-state index is 13.3. The number of rotatable bonds is 5. The number of alkyl halides is 1. The lowest BCUT2D eigenvalue weighted by Gasteiger charge is -2.10. The SMILES string of the molecule is COC(=O)C(Cl)CNS(=O)(=O)c1ccc(F)cc1F. The van der Waals surface area contributed by atoms with Crippen molar-refractivity contribution in [1.29, 1.82) is 0 Å². The van der Waals surface area contributed by atoms with Crippen LogP contribution in [0.3, 0.4) is 0 Å². The van der Waals surface area contributed by atoms with Crippen molar-refractivity contribution in [3.63, 3.8) is 0 Å². The third kappa shape index (κ3) is 4.12. The Morgan fingerprint density at radius 1 is 1.47 bits per heavy atom. The van der Waals surface area contributed by atoms with Crippen LogP contribution in [0.4, 0.5) is 8.78 Å². The number of carbonyl (C=O) groups is 1. The van der Waals surface area contributed by atoms with Crippen LogP contribution in [0.5, 0.6) is 0 Å². The molecule has 1 unspecified atom stereocenters. The molecule has 0 aliphatic carbocycles. The normalized spacial score (nSPS) is 13.1. The Balaban J connectivity index is 2.85. The van der Waals surface area contributed by atoms with Gasteiger partial charge in [-0.25, -0.2) is 21.9 Å². The van der Waals surface area contributed by atoms with Gasteiger partial charge in [0.25, 0.3) is 0 Å². The second-order valence-electron chi connectivity index (χ2n) is 3.42. The van der Waals surface area contributed by atoms with Crippen LogP contribution < -0.4 is 4.72 Å². The lowest BCUT2D eigenvalue weighted by Crippen LogP contribution is -2.34. The van der Waals surface area contributed by atoms with Gasteiger partial charge in [-0.05, 0) is 12.1 Å². The molecule has 1 aromatic carbocycles. The van der Waals surface area contributed by atoms with Gasteiger partial charge in [0, 0.05) is 12.6 Å². The van der Waals surface area contributed by atoms with E-state index in [1.54, 1.807) is 0 Å². The third-order valence-corrected chi connectivity index (χ3v) is 3.88. The lowest BCUT2D eigenvalue weighted by molar-refractivity contribution is -0.140. The van der Waals surface area contributed by atoms with Gasteiger partial charge in [-0.15, -0.1) is 11.6 Å². The van der Waals surface area contributed by atoms with E-state index in [0.717, 1.165) is 19.2 Å². The van der Waals surface area contributed by atoms with E-state index in [0.29, 0.717) is 6.07 Å². The van der Waals surface area contributed by atoms with Gasteiger partial charge in [0.15, 0.2) is 0 Å². The van der Waals surface area contributed by atoms with E-state index in [2.05, 4.69) is 4.74 Å². The van der Waals surface area contributed by atoms with Gasteiger partial charge in [0.1, 0.15) is 21.9 Å². The Bertz CT molecular complexity index is 579. The Labute approximate surface area is 113 Å². The Morgan fingerprint density at radius 2 is 2.11 bits per heavy atom. The first-order valence-corrected chi connectivity index (χ1v) is 6.86. The minimum Gasteiger partial charge on any atom is -0.468 e. The van der Waals surface area contributed by atoms with Gasteiger partial charge in [0.2, 0.25) is 10.0 Å². The summed E-state index contributed by atoms with van der Waals surface area (Å²) in [6.45, 7) is -0.479. The Morgan fingerprint density at radius 3 is 2.63 bits per heavy atom. The third-order valence-electron chi connectivity index (χ3n) is 2.09. The predicted octanol–water partition coefficient (Wildman–Crippen LogP) is 1.02. The summed E-state index contributed by atoms with van der Waals surface area (Å²) in [5.41, 5.74) is 0. The van der Waals surface area contributed by atoms with E-state index in [1.807, 2.05) is 4.72 Å². The molecule has 0 amide bonds. The number of hydrogen-bond acceptors (Lipinski definition) is 4. The number of carbonyl (C=O) groups excluding carboxylic acids is 1. The van der Waals surface area contributed by atoms with Crippen molar-refractivity contribution in [2.75, 3.05) is 13.7 Å². The monoisotopic (exact) mass is 313 g/mol. The number of halogens is 3. The van der Waals surface area contributed by atoms with Crippen molar-refractivity contribution in [3.05, 3.63) is 29.8 Å². The van der Waals surface area contributed by atoms with E-state index in [4.69, 9.17) is 11.6 Å². The number of hydrogen-bond donors (Lipinski definition) is 1. The lowest BCUT2D eigenvalue weighted by atomic mass is 10.3. The molecule has 19 heavy (non-hydrogen) atoms. The van der Waals surface area contributed by atoms with Crippen molar-refractivity contribution in [1.82, 2.24) is 4.72 Å². The van der Waals surface area contributed by atoms with Crippen LogP contribution >= 0.6 is 11.6 Å². The fraction of sp³-hybridized carbons (Fsp3) is 0.300. The van der Waals surface area contributed by atoms with E-state index >= 15 is 0 Å². The number of benzene rings is 1. The average molecular weight is 314 g/mol. The molecule has 1 aromatic rings. The largest absolute Gasteiger partial charge is 0.468 e. The Kier molecular flexibility index (Phi) is 5.21. The van der Waals surface area contributed by atoms with Gasteiger partial charge in [0.05, 0.1) is 7.11 Å². The van der Waals surface area contributed by atoms with Gasteiger partial charge in [-0.2, -0.15) is 0 Å². The van der Waals surface area contributed by atoms with Crippen molar-refractivity contribution in [3.8, 4) is 0 Å². The van der Waals surface area contributed by atoms with Crippen molar-refractivity contribution in [2.45, 2.75) is 10.3 Å². The second kappa shape index (κ2) is 6.27. The molecule has 1 rings (SSSR count). The quantitative estimate of drug-likeness (QED) is 0.651. The standard InChI is InChI=1S/C10H10ClF2NO4S/c1-18-10(15)7(11)5-14-19(16,17)9-3-2-6(12)4-8(9)13/h2-4,7,14H,5H2,1H3. The zero-order chi connectivity index (χ0) is 14.6. The van der Waals surface area contributed by atoms with Gasteiger partial charge in [-0.1, -0.05) is 0 Å². The topological polar surface area (TPSA) is 72.5 Å². The highest BCUT2D eigenvalue weighted by atomic mass is 35.5. The molecule has 106 valence electrons. The molecule has 0 aliphatic rings.